The molecule has 0 aliphatic carbocycles. The predicted octanol–water partition coefficient (Wildman–Crippen LogP) is 2.57. The van der Waals surface area contributed by atoms with E-state index in [1.807, 2.05) is 14.0 Å². The zero-order valence-electron chi connectivity index (χ0n) is 8.61. The lowest BCUT2D eigenvalue weighted by Crippen LogP contribution is -2.24. The van der Waals surface area contributed by atoms with Crippen molar-refractivity contribution in [3.8, 4) is 11.8 Å². The highest BCUT2D eigenvalue weighted by atomic mass is 14.9. The van der Waals surface area contributed by atoms with E-state index in [4.69, 9.17) is 0 Å². The third kappa shape index (κ3) is 6.24. The number of hydrogen-bond acceptors (Lipinski definition) is 1. The van der Waals surface area contributed by atoms with Crippen LogP contribution in [-0.2, 0) is 0 Å². The van der Waals surface area contributed by atoms with E-state index in [1.54, 1.807) is 0 Å². The summed E-state index contributed by atoms with van der Waals surface area (Å²) < 4.78 is 0. The summed E-state index contributed by atoms with van der Waals surface area (Å²) in [7, 11) is 2.04. The van der Waals surface area contributed by atoms with E-state index in [2.05, 4.69) is 24.1 Å². The van der Waals surface area contributed by atoms with Crippen LogP contribution in [0.15, 0.2) is 0 Å². The van der Waals surface area contributed by atoms with Gasteiger partial charge in [-0.25, -0.2) is 0 Å². The molecule has 0 saturated carbocycles. The molecule has 0 aromatic heterocycles. The second kappa shape index (κ2) is 8.62. The fourth-order valence-corrected chi connectivity index (χ4v) is 1.25. The number of nitrogens with one attached hydrogen (secondary N) is 1. The number of hydrogen-bond donors (Lipinski definition) is 1. The van der Waals surface area contributed by atoms with Crippen LogP contribution in [0.5, 0.6) is 0 Å². The van der Waals surface area contributed by atoms with Crippen molar-refractivity contribution in [3.05, 3.63) is 0 Å². The molecular formula is C11H21N. The van der Waals surface area contributed by atoms with Crippen LogP contribution in [0, 0.1) is 11.8 Å². The summed E-state index contributed by atoms with van der Waals surface area (Å²) in [6.07, 6.45) is 6.13. The van der Waals surface area contributed by atoms with Crippen molar-refractivity contribution in [2.75, 3.05) is 7.05 Å². The van der Waals surface area contributed by atoms with Crippen LogP contribution in [0.3, 0.4) is 0 Å². The molecule has 1 heteroatoms. The molecular weight excluding hydrogens is 146 g/mol. The lowest BCUT2D eigenvalue weighted by molar-refractivity contribution is 0.477. The van der Waals surface area contributed by atoms with Crippen LogP contribution in [0.2, 0.25) is 0 Å². The van der Waals surface area contributed by atoms with Crippen LogP contribution >= 0.6 is 0 Å². The quantitative estimate of drug-likeness (QED) is 0.599. The summed E-state index contributed by atoms with van der Waals surface area (Å²) in [4.78, 5) is 0. The van der Waals surface area contributed by atoms with Crippen LogP contribution in [0.1, 0.15) is 46.0 Å². The van der Waals surface area contributed by atoms with Gasteiger partial charge in [-0.05, 0) is 26.8 Å². The van der Waals surface area contributed by atoms with Crippen molar-refractivity contribution >= 4 is 0 Å². The molecule has 1 nitrogen and oxygen atoms in total. The second-order valence-corrected chi connectivity index (χ2v) is 3.09. The minimum atomic E-state index is 0.672. The van der Waals surface area contributed by atoms with Gasteiger partial charge in [-0.15, -0.1) is 11.8 Å². The van der Waals surface area contributed by atoms with Gasteiger partial charge in [-0.1, -0.05) is 19.8 Å². The smallest absolute Gasteiger partial charge is 0.0103 e. The molecule has 0 amide bonds. The van der Waals surface area contributed by atoms with E-state index < -0.39 is 0 Å². The summed E-state index contributed by atoms with van der Waals surface area (Å²) in [5.74, 6) is 6.02. The first kappa shape index (κ1) is 11.5. The summed E-state index contributed by atoms with van der Waals surface area (Å²) in [5.41, 5.74) is 0. The molecule has 70 valence electrons. The number of unbranched alkanes of at least 4 members (excludes halogenated alkanes) is 1. The standard InChI is InChI=1S/C11H21N/c1-4-6-8-10-11(12-3)9-7-5-2/h11-12H,5,7-10H2,1-3H3. The highest BCUT2D eigenvalue weighted by molar-refractivity contribution is 4.95. The Morgan fingerprint density at radius 2 is 2.08 bits per heavy atom. The highest BCUT2D eigenvalue weighted by Gasteiger charge is 2.02. The van der Waals surface area contributed by atoms with Crippen LogP contribution < -0.4 is 5.32 Å². The van der Waals surface area contributed by atoms with Gasteiger partial charge >= 0.3 is 0 Å². The Balaban J connectivity index is 3.43. The third-order valence-electron chi connectivity index (χ3n) is 2.11. The van der Waals surface area contributed by atoms with Gasteiger partial charge in [-0.2, -0.15) is 0 Å². The maximum Gasteiger partial charge on any atom is 0.0103 e. The second-order valence-electron chi connectivity index (χ2n) is 3.09. The first-order valence-electron chi connectivity index (χ1n) is 4.92. The third-order valence-corrected chi connectivity index (χ3v) is 2.11. The van der Waals surface area contributed by atoms with Crippen molar-refractivity contribution in [2.24, 2.45) is 0 Å². The Hall–Kier alpha value is -0.480. The average molecular weight is 167 g/mol. The topological polar surface area (TPSA) is 12.0 Å². The van der Waals surface area contributed by atoms with E-state index in [0.29, 0.717) is 6.04 Å². The van der Waals surface area contributed by atoms with Crippen LogP contribution in [0.25, 0.3) is 0 Å². The van der Waals surface area contributed by atoms with Crippen molar-refractivity contribution in [2.45, 2.75) is 52.0 Å². The molecule has 0 radical (unpaired) electrons. The van der Waals surface area contributed by atoms with Gasteiger partial charge in [0.05, 0.1) is 0 Å². The minimum Gasteiger partial charge on any atom is -0.317 e. The van der Waals surface area contributed by atoms with Crippen LogP contribution in [-0.4, -0.2) is 13.1 Å². The predicted molar refractivity (Wildman–Crippen MR) is 55.1 cm³/mol. The molecule has 12 heavy (non-hydrogen) atoms. The van der Waals surface area contributed by atoms with E-state index in [-0.39, 0.29) is 0 Å². The fourth-order valence-electron chi connectivity index (χ4n) is 1.25. The molecule has 1 atom stereocenters. The highest BCUT2D eigenvalue weighted by Crippen LogP contribution is 2.05. The molecule has 0 aliphatic rings. The van der Waals surface area contributed by atoms with E-state index in [1.165, 1.54) is 25.7 Å². The molecule has 0 aromatic carbocycles. The number of rotatable bonds is 6. The molecule has 1 N–H and O–H groups in total. The molecule has 1 unspecified atom stereocenters. The Morgan fingerprint density at radius 1 is 1.33 bits per heavy atom. The lowest BCUT2D eigenvalue weighted by atomic mass is 10.1. The summed E-state index contributed by atoms with van der Waals surface area (Å²) >= 11 is 0. The Bertz CT molecular complexity index is 141. The molecule has 0 aliphatic heterocycles. The summed E-state index contributed by atoms with van der Waals surface area (Å²) in [6, 6.07) is 0.672. The van der Waals surface area contributed by atoms with Gasteiger partial charge in [0.1, 0.15) is 0 Å². The average Bonchev–Trinajstić information content (AvgIpc) is 2.11. The van der Waals surface area contributed by atoms with Gasteiger partial charge in [0.15, 0.2) is 0 Å². The molecule has 0 aromatic rings. The maximum absolute atomic E-state index is 3.33. The van der Waals surface area contributed by atoms with Gasteiger partial charge in [0.25, 0.3) is 0 Å². The zero-order chi connectivity index (χ0) is 9.23. The monoisotopic (exact) mass is 167 g/mol. The molecule has 0 heterocycles. The van der Waals surface area contributed by atoms with Crippen molar-refractivity contribution in [1.82, 2.24) is 5.32 Å². The van der Waals surface area contributed by atoms with E-state index in [0.717, 1.165) is 6.42 Å². The van der Waals surface area contributed by atoms with E-state index in [9.17, 15) is 0 Å². The molecule has 0 fully saturated rings. The molecule has 0 spiro atoms. The molecule has 0 rings (SSSR count). The van der Waals surface area contributed by atoms with Gasteiger partial charge in [0.2, 0.25) is 0 Å². The Kier molecular flexibility index (Phi) is 8.27. The minimum absolute atomic E-state index is 0.672. The van der Waals surface area contributed by atoms with Gasteiger partial charge < -0.3 is 5.32 Å². The SMILES string of the molecule is CC#CCCC(CCCC)NC. The van der Waals surface area contributed by atoms with Crippen molar-refractivity contribution < 1.29 is 0 Å². The largest absolute Gasteiger partial charge is 0.317 e. The van der Waals surface area contributed by atoms with Gasteiger partial charge in [0, 0.05) is 12.5 Å². The van der Waals surface area contributed by atoms with E-state index >= 15 is 0 Å². The maximum atomic E-state index is 3.33. The van der Waals surface area contributed by atoms with Gasteiger partial charge in [-0.3, -0.25) is 0 Å². The van der Waals surface area contributed by atoms with Crippen molar-refractivity contribution in [1.29, 1.82) is 0 Å². The van der Waals surface area contributed by atoms with Crippen LogP contribution in [0.4, 0.5) is 0 Å². The zero-order valence-corrected chi connectivity index (χ0v) is 8.61. The van der Waals surface area contributed by atoms with Crippen molar-refractivity contribution in [3.63, 3.8) is 0 Å². The summed E-state index contributed by atoms with van der Waals surface area (Å²) in [6.45, 7) is 4.14. The normalized spacial score (nSPS) is 11.9. The molecule has 0 bridgehead atoms. The summed E-state index contributed by atoms with van der Waals surface area (Å²) in [5, 5.41) is 3.33. The molecule has 0 saturated heterocycles. The Labute approximate surface area is 76.9 Å². The fraction of sp³-hybridized carbons (Fsp3) is 0.818. The first-order chi connectivity index (χ1) is 5.85. The lowest BCUT2D eigenvalue weighted by Gasteiger charge is -2.13. The first-order valence-corrected chi connectivity index (χ1v) is 4.92. The Morgan fingerprint density at radius 3 is 2.58 bits per heavy atom.